The second kappa shape index (κ2) is 4.88. The van der Waals surface area contributed by atoms with Crippen molar-refractivity contribution >= 4 is 28.8 Å². The number of nitrogens with two attached hydrogens (primary N) is 1. The molecule has 0 atom stereocenters. The van der Waals surface area contributed by atoms with Gasteiger partial charge in [-0.3, -0.25) is 0 Å². The molecule has 0 aliphatic carbocycles. The minimum atomic E-state index is 0.227. The Morgan fingerprint density at radius 3 is 2.94 bits per heavy atom. The van der Waals surface area contributed by atoms with Crippen LogP contribution in [0.2, 0.25) is 5.15 Å². The van der Waals surface area contributed by atoms with Gasteiger partial charge in [-0.15, -0.1) is 0 Å². The number of nitrogens with zero attached hydrogens (tertiary/aromatic N) is 2. The number of halogens is 1. The molecule has 1 aromatic heterocycles. The molecule has 0 fully saturated rings. The number of rotatable bonds is 3. The normalized spacial score (nSPS) is 10.0. The number of hydrogen-bond acceptors (Lipinski definition) is 5. The number of hydrogen-bond donors (Lipinski definition) is 2. The summed E-state index contributed by atoms with van der Waals surface area (Å²) in [6.45, 7) is 0. The summed E-state index contributed by atoms with van der Waals surface area (Å²) in [4.78, 5) is 7.80. The Labute approximate surface area is 104 Å². The molecule has 0 spiro atoms. The van der Waals surface area contributed by atoms with E-state index in [1.165, 1.54) is 6.33 Å². The van der Waals surface area contributed by atoms with Crippen molar-refractivity contribution in [2.45, 2.75) is 0 Å². The maximum absolute atomic E-state index is 5.80. The van der Waals surface area contributed by atoms with Crippen molar-refractivity contribution in [1.29, 1.82) is 0 Å². The number of benzene rings is 1. The molecule has 5 nitrogen and oxygen atoms in total. The molecule has 17 heavy (non-hydrogen) atoms. The van der Waals surface area contributed by atoms with Crippen LogP contribution in [0.1, 0.15) is 0 Å². The van der Waals surface area contributed by atoms with Gasteiger partial charge in [0, 0.05) is 11.8 Å². The van der Waals surface area contributed by atoms with Crippen LogP contribution in [0.25, 0.3) is 0 Å². The van der Waals surface area contributed by atoms with Gasteiger partial charge in [-0.1, -0.05) is 17.7 Å². The van der Waals surface area contributed by atoms with Crippen molar-refractivity contribution in [3.63, 3.8) is 0 Å². The monoisotopic (exact) mass is 250 g/mol. The molecule has 0 saturated heterocycles. The summed E-state index contributed by atoms with van der Waals surface area (Å²) >= 11 is 5.80. The van der Waals surface area contributed by atoms with E-state index in [1.54, 1.807) is 7.11 Å². The van der Waals surface area contributed by atoms with E-state index in [0.29, 0.717) is 11.5 Å². The van der Waals surface area contributed by atoms with Gasteiger partial charge in [0.1, 0.15) is 17.8 Å². The summed E-state index contributed by atoms with van der Waals surface area (Å²) in [5.74, 6) is 1.21. The zero-order valence-electron chi connectivity index (χ0n) is 9.14. The number of methoxy groups -OCH3 is 1. The quantitative estimate of drug-likeness (QED) is 0.819. The van der Waals surface area contributed by atoms with Gasteiger partial charge in [-0.25, -0.2) is 9.97 Å². The van der Waals surface area contributed by atoms with Gasteiger partial charge >= 0.3 is 0 Å². The number of anilines is 3. The molecule has 0 saturated carbocycles. The van der Waals surface area contributed by atoms with E-state index in [-0.39, 0.29) is 5.15 Å². The number of aromatic nitrogens is 2. The molecule has 88 valence electrons. The molecule has 6 heteroatoms. The van der Waals surface area contributed by atoms with Gasteiger partial charge in [-0.05, 0) is 12.1 Å². The maximum atomic E-state index is 5.80. The topological polar surface area (TPSA) is 73.1 Å². The first kappa shape index (κ1) is 11.5. The first-order valence-electron chi connectivity index (χ1n) is 4.88. The first-order chi connectivity index (χ1) is 8.20. The van der Waals surface area contributed by atoms with Gasteiger partial charge in [-0.2, -0.15) is 0 Å². The second-order valence-corrected chi connectivity index (χ2v) is 3.64. The van der Waals surface area contributed by atoms with Gasteiger partial charge < -0.3 is 15.8 Å². The average molecular weight is 251 g/mol. The maximum Gasteiger partial charge on any atom is 0.158 e. The summed E-state index contributed by atoms with van der Waals surface area (Å²) in [7, 11) is 1.61. The molecule has 2 aromatic rings. The van der Waals surface area contributed by atoms with Gasteiger partial charge in [0.25, 0.3) is 0 Å². The Balaban J connectivity index is 2.28. The minimum Gasteiger partial charge on any atom is -0.497 e. The third-order valence-electron chi connectivity index (χ3n) is 2.17. The average Bonchev–Trinajstić information content (AvgIpc) is 2.35. The van der Waals surface area contributed by atoms with Gasteiger partial charge in [0.2, 0.25) is 0 Å². The fourth-order valence-electron chi connectivity index (χ4n) is 1.31. The summed E-state index contributed by atoms with van der Waals surface area (Å²) in [6, 6.07) is 7.41. The lowest BCUT2D eigenvalue weighted by molar-refractivity contribution is 0.415. The molecule has 0 amide bonds. The Bertz CT molecular complexity index is 533. The van der Waals surface area contributed by atoms with E-state index >= 15 is 0 Å². The van der Waals surface area contributed by atoms with Crippen molar-refractivity contribution in [2.75, 3.05) is 18.2 Å². The van der Waals surface area contributed by atoms with Crippen molar-refractivity contribution < 1.29 is 4.74 Å². The predicted octanol–water partition coefficient (Wildman–Crippen LogP) is 2.46. The predicted molar refractivity (Wildman–Crippen MR) is 67.7 cm³/mol. The van der Waals surface area contributed by atoms with Crippen molar-refractivity contribution in [2.24, 2.45) is 0 Å². The Hall–Kier alpha value is -2.01. The zero-order valence-corrected chi connectivity index (χ0v) is 9.90. The molecule has 0 radical (unpaired) electrons. The van der Waals surface area contributed by atoms with Crippen LogP contribution in [0.3, 0.4) is 0 Å². The molecule has 0 unspecified atom stereocenters. The second-order valence-electron chi connectivity index (χ2n) is 3.28. The highest BCUT2D eigenvalue weighted by atomic mass is 35.5. The Morgan fingerprint density at radius 1 is 1.35 bits per heavy atom. The van der Waals surface area contributed by atoms with E-state index in [0.717, 1.165) is 11.4 Å². The first-order valence-corrected chi connectivity index (χ1v) is 5.25. The summed E-state index contributed by atoms with van der Waals surface area (Å²) < 4.78 is 5.12. The summed E-state index contributed by atoms with van der Waals surface area (Å²) in [6.07, 6.45) is 1.35. The van der Waals surface area contributed by atoms with Crippen LogP contribution >= 0.6 is 11.6 Å². The lowest BCUT2D eigenvalue weighted by Crippen LogP contribution is -2.01. The summed E-state index contributed by atoms with van der Waals surface area (Å²) in [5, 5.41) is 3.27. The largest absolute Gasteiger partial charge is 0.497 e. The molecule has 1 aromatic carbocycles. The minimum absolute atomic E-state index is 0.227. The van der Waals surface area contributed by atoms with Crippen LogP contribution in [0.15, 0.2) is 30.6 Å². The third kappa shape index (κ3) is 2.57. The van der Waals surface area contributed by atoms with Crippen LogP contribution in [0.4, 0.5) is 17.2 Å². The van der Waals surface area contributed by atoms with Crippen LogP contribution in [0, 0.1) is 0 Å². The van der Waals surface area contributed by atoms with Crippen LogP contribution in [0.5, 0.6) is 5.75 Å². The van der Waals surface area contributed by atoms with E-state index in [2.05, 4.69) is 15.3 Å². The molecular formula is C11H11ClN4O. The van der Waals surface area contributed by atoms with Gasteiger partial charge in [0.15, 0.2) is 11.0 Å². The van der Waals surface area contributed by atoms with Crippen LogP contribution < -0.4 is 15.8 Å². The van der Waals surface area contributed by atoms with E-state index < -0.39 is 0 Å². The smallest absolute Gasteiger partial charge is 0.158 e. The van der Waals surface area contributed by atoms with E-state index in [1.807, 2.05) is 24.3 Å². The molecule has 3 N–H and O–H groups in total. The highest BCUT2D eigenvalue weighted by molar-refractivity contribution is 6.32. The fraction of sp³-hybridized carbons (Fsp3) is 0.0909. The lowest BCUT2D eigenvalue weighted by atomic mass is 10.3. The zero-order chi connectivity index (χ0) is 12.3. The standard InChI is InChI=1S/C11H11ClN4O/c1-17-8-4-2-3-7(5-8)16-11-9(13)10(12)14-6-15-11/h2-6H,13H2,1H3,(H,14,15,16). The van der Waals surface area contributed by atoms with Crippen molar-refractivity contribution in [3.05, 3.63) is 35.7 Å². The van der Waals surface area contributed by atoms with E-state index in [4.69, 9.17) is 22.1 Å². The van der Waals surface area contributed by atoms with Crippen molar-refractivity contribution in [3.8, 4) is 5.75 Å². The Morgan fingerprint density at radius 2 is 2.18 bits per heavy atom. The fourth-order valence-corrected chi connectivity index (χ4v) is 1.44. The van der Waals surface area contributed by atoms with Crippen molar-refractivity contribution in [1.82, 2.24) is 9.97 Å². The van der Waals surface area contributed by atoms with Crippen LogP contribution in [-0.4, -0.2) is 17.1 Å². The lowest BCUT2D eigenvalue weighted by Gasteiger charge is -2.09. The van der Waals surface area contributed by atoms with Crippen LogP contribution in [-0.2, 0) is 0 Å². The molecular weight excluding hydrogens is 240 g/mol. The molecule has 0 aliphatic rings. The molecule has 0 bridgehead atoms. The van der Waals surface area contributed by atoms with E-state index in [9.17, 15) is 0 Å². The third-order valence-corrected chi connectivity index (χ3v) is 2.47. The molecule has 0 aliphatic heterocycles. The number of nitrogen functional groups attached to an aromatic ring is 1. The highest BCUT2D eigenvalue weighted by Gasteiger charge is 2.06. The number of nitrogens with one attached hydrogen (secondary N) is 1. The number of ether oxygens (including phenoxy) is 1. The molecule has 1 heterocycles. The highest BCUT2D eigenvalue weighted by Crippen LogP contribution is 2.26. The van der Waals surface area contributed by atoms with Gasteiger partial charge in [0.05, 0.1) is 7.11 Å². The SMILES string of the molecule is COc1cccc(Nc2ncnc(Cl)c2N)c1. The summed E-state index contributed by atoms with van der Waals surface area (Å²) in [5.41, 5.74) is 6.88. The Kier molecular flexibility index (Phi) is 3.30. The molecule has 2 rings (SSSR count).